The molecule has 2 rings (SSSR count). The summed E-state index contributed by atoms with van der Waals surface area (Å²) in [6.45, 7) is 4.34. The average Bonchev–Trinajstić information content (AvgIpc) is 2.68. The third-order valence-corrected chi connectivity index (χ3v) is 4.02. The number of carbonyl (C=O) groups excluding carboxylic acids is 1. The molecule has 28 heavy (non-hydrogen) atoms. The third kappa shape index (κ3) is 4.86. The second-order valence-electron chi connectivity index (χ2n) is 6.43. The Labute approximate surface area is 165 Å². The predicted molar refractivity (Wildman–Crippen MR) is 108 cm³/mol. The third-order valence-electron chi connectivity index (χ3n) is 4.02. The summed E-state index contributed by atoms with van der Waals surface area (Å²) in [5, 5.41) is 2.85. The molecule has 0 spiro atoms. The number of carbonyl (C=O) groups is 1. The van der Waals surface area contributed by atoms with E-state index < -0.39 is 0 Å². The zero-order valence-corrected chi connectivity index (χ0v) is 17.0. The summed E-state index contributed by atoms with van der Waals surface area (Å²) in [4.78, 5) is 12.7. The summed E-state index contributed by atoms with van der Waals surface area (Å²) in [5.41, 5.74) is 7.00. The van der Waals surface area contributed by atoms with Crippen LogP contribution in [0.2, 0.25) is 0 Å². The summed E-state index contributed by atoms with van der Waals surface area (Å²) in [7, 11) is 4.46. The number of nitrogens with one attached hydrogen (secondary N) is 1. The predicted octanol–water partition coefficient (Wildman–Crippen LogP) is 3.14. The first-order valence-corrected chi connectivity index (χ1v) is 9.05. The minimum Gasteiger partial charge on any atom is -0.492 e. The van der Waals surface area contributed by atoms with Crippen LogP contribution in [-0.2, 0) is 6.42 Å². The second kappa shape index (κ2) is 9.85. The Hall–Kier alpha value is -2.93. The Kier molecular flexibility index (Phi) is 7.52. The van der Waals surface area contributed by atoms with E-state index in [4.69, 9.17) is 24.7 Å². The lowest BCUT2D eigenvalue weighted by Gasteiger charge is -2.20. The number of ether oxygens (including phenoxy) is 4. The summed E-state index contributed by atoms with van der Waals surface area (Å²) in [6, 6.07) is 9.13. The van der Waals surface area contributed by atoms with E-state index in [2.05, 4.69) is 5.32 Å². The topological polar surface area (TPSA) is 92.0 Å². The number of rotatable bonds is 9. The van der Waals surface area contributed by atoms with Crippen LogP contribution in [0.1, 0.15) is 29.8 Å². The van der Waals surface area contributed by atoms with Gasteiger partial charge in [0.15, 0.2) is 11.5 Å². The van der Waals surface area contributed by atoms with Crippen molar-refractivity contribution in [2.45, 2.75) is 26.3 Å². The van der Waals surface area contributed by atoms with E-state index in [1.54, 1.807) is 6.07 Å². The van der Waals surface area contributed by atoms with Gasteiger partial charge >= 0.3 is 0 Å². The van der Waals surface area contributed by atoms with Crippen molar-refractivity contribution < 1.29 is 23.7 Å². The van der Waals surface area contributed by atoms with Crippen LogP contribution in [0.15, 0.2) is 30.3 Å². The van der Waals surface area contributed by atoms with Gasteiger partial charge in [0.05, 0.1) is 26.9 Å². The zero-order valence-electron chi connectivity index (χ0n) is 17.0. The first-order chi connectivity index (χ1) is 13.4. The maximum Gasteiger partial charge on any atom is 0.255 e. The van der Waals surface area contributed by atoms with Crippen LogP contribution in [0.3, 0.4) is 0 Å². The fourth-order valence-corrected chi connectivity index (χ4v) is 2.78. The normalized spacial score (nSPS) is 10.5. The van der Waals surface area contributed by atoms with Gasteiger partial charge in [-0.25, -0.2) is 0 Å². The van der Waals surface area contributed by atoms with Crippen molar-refractivity contribution in [2.75, 3.05) is 27.9 Å². The van der Waals surface area contributed by atoms with Crippen molar-refractivity contribution >= 4 is 5.91 Å². The maximum atomic E-state index is 12.7. The number of hydrogen-bond donors (Lipinski definition) is 2. The maximum absolute atomic E-state index is 12.7. The Morgan fingerprint density at radius 3 is 2.11 bits per heavy atom. The molecule has 152 valence electrons. The minimum absolute atomic E-state index is 0.0373. The van der Waals surface area contributed by atoms with E-state index in [0.29, 0.717) is 29.4 Å². The molecule has 0 saturated carbocycles. The lowest BCUT2D eigenvalue weighted by molar-refractivity contribution is 0.0939. The van der Waals surface area contributed by atoms with Crippen LogP contribution in [0.25, 0.3) is 0 Å². The molecule has 0 aromatic heterocycles. The summed E-state index contributed by atoms with van der Waals surface area (Å²) < 4.78 is 22.4. The van der Waals surface area contributed by atoms with Crippen LogP contribution in [0, 0.1) is 0 Å². The molecule has 0 aliphatic rings. The Bertz CT molecular complexity index is 803. The van der Waals surface area contributed by atoms with Gasteiger partial charge in [0.1, 0.15) is 5.75 Å². The fraction of sp³-hybridized carbons (Fsp3) is 0.381. The smallest absolute Gasteiger partial charge is 0.255 e. The van der Waals surface area contributed by atoms with Crippen molar-refractivity contribution in [3.8, 4) is 28.7 Å². The van der Waals surface area contributed by atoms with Gasteiger partial charge in [-0.3, -0.25) is 4.79 Å². The molecule has 0 aliphatic heterocycles. The van der Waals surface area contributed by atoms with E-state index in [1.807, 2.05) is 38.1 Å². The van der Waals surface area contributed by atoms with Gasteiger partial charge < -0.3 is 30.0 Å². The number of hydrogen-bond acceptors (Lipinski definition) is 6. The van der Waals surface area contributed by atoms with Crippen LogP contribution >= 0.6 is 0 Å². The second-order valence-corrected chi connectivity index (χ2v) is 6.43. The van der Waals surface area contributed by atoms with Crippen molar-refractivity contribution in [2.24, 2.45) is 5.73 Å². The molecular formula is C21H28N2O5. The molecule has 0 atom stereocenters. The Morgan fingerprint density at radius 2 is 1.61 bits per heavy atom. The number of methoxy groups -OCH3 is 3. The van der Waals surface area contributed by atoms with Crippen molar-refractivity contribution in [1.29, 1.82) is 0 Å². The molecule has 2 aromatic rings. The van der Waals surface area contributed by atoms with Gasteiger partial charge in [-0.05, 0) is 44.5 Å². The molecule has 0 fully saturated rings. The quantitative estimate of drug-likeness (QED) is 0.686. The molecular weight excluding hydrogens is 360 g/mol. The highest BCUT2D eigenvalue weighted by molar-refractivity contribution is 5.99. The largest absolute Gasteiger partial charge is 0.492 e. The number of amides is 1. The van der Waals surface area contributed by atoms with Crippen molar-refractivity contribution in [1.82, 2.24) is 5.32 Å². The molecule has 2 aromatic carbocycles. The molecule has 1 amide bonds. The van der Waals surface area contributed by atoms with Gasteiger partial charge in [0.2, 0.25) is 11.5 Å². The Balaban J connectivity index is 2.50. The van der Waals surface area contributed by atoms with E-state index in [0.717, 1.165) is 12.0 Å². The fourth-order valence-electron chi connectivity index (χ4n) is 2.78. The van der Waals surface area contributed by atoms with Gasteiger partial charge in [-0.15, -0.1) is 0 Å². The van der Waals surface area contributed by atoms with E-state index in [-0.39, 0.29) is 23.4 Å². The first kappa shape index (κ1) is 21.4. The molecule has 3 N–H and O–H groups in total. The molecule has 0 unspecified atom stereocenters. The van der Waals surface area contributed by atoms with E-state index in [9.17, 15) is 4.79 Å². The van der Waals surface area contributed by atoms with Crippen LogP contribution < -0.4 is 30.0 Å². The standard InChI is InChI=1S/C21H28N2O5/c1-13(2)23-21(24)16-12-17(19(26-4)20(27-5)18(16)25-3)28-15-8-6-14(7-9-15)10-11-22/h6-9,12-13H,10-11,22H2,1-5H3,(H,23,24). The molecule has 0 heterocycles. The Morgan fingerprint density at radius 1 is 1.00 bits per heavy atom. The molecule has 7 heteroatoms. The van der Waals surface area contributed by atoms with Crippen LogP contribution in [0.4, 0.5) is 0 Å². The molecule has 0 radical (unpaired) electrons. The average molecular weight is 388 g/mol. The molecule has 0 aliphatic carbocycles. The van der Waals surface area contributed by atoms with Gasteiger partial charge in [-0.1, -0.05) is 12.1 Å². The van der Waals surface area contributed by atoms with Gasteiger partial charge in [-0.2, -0.15) is 0 Å². The highest BCUT2D eigenvalue weighted by atomic mass is 16.5. The number of benzene rings is 2. The van der Waals surface area contributed by atoms with E-state index in [1.165, 1.54) is 21.3 Å². The highest BCUT2D eigenvalue weighted by Crippen LogP contribution is 2.47. The lowest BCUT2D eigenvalue weighted by atomic mass is 10.1. The van der Waals surface area contributed by atoms with Crippen LogP contribution in [-0.4, -0.2) is 39.8 Å². The van der Waals surface area contributed by atoms with E-state index >= 15 is 0 Å². The zero-order chi connectivity index (χ0) is 20.7. The molecule has 0 bridgehead atoms. The SMILES string of the molecule is COc1c(Oc2ccc(CCN)cc2)cc(C(=O)NC(C)C)c(OC)c1OC. The summed E-state index contributed by atoms with van der Waals surface area (Å²) in [5.74, 6) is 1.56. The van der Waals surface area contributed by atoms with Crippen molar-refractivity contribution in [3.05, 3.63) is 41.5 Å². The van der Waals surface area contributed by atoms with Gasteiger partial charge in [0.25, 0.3) is 5.91 Å². The summed E-state index contributed by atoms with van der Waals surface area (Å²) >= 11 is 0. The molecule has 7 nitrogen and oxygen atoms in total. The number of nitrogens with two attached hydrogens (primary N) is 1. The van der Waals surface area contributed by atoms with Gasteiger partial charge in [0, 0.05) is 12.1 Å². The summed E-state index contributed by atoms with van der Waals surface area (Å²) in [6.07, 6.45) is 0.791. The van der Waals surface area contributed by atoms with Crippen LogP contribution in [0.5, 0.6) is 28.7 Å². The lowest BCUT2D eigenvalue weighted by Crippen LogP contribution is -2.30. The van der Waals surface area contributed by atoms with Crippen molar-refractivity contribution in [3.63, 3.8) is 0 Å². The minimum atomic E-state index is -0.295. The monoisotopic (exact) mass is 388 g/mol. The highest BCUT2D eigenvalue weighted by Gasteiger charge is 2.26. The molecule has 0 saturated heterocycles. The first-order valence-electron chi connectivity index (χ1n) is 9.05.